The lowest BCUT2D eigenvalue weighted by molar-refractivity contribution is 0.0697. The number of carbonyl (C=O) groups is 1. The number of carboxylic acid groups (broad SMARTS) is 1. The highest BCUT2D eigenvalue weighted by molar-refractivity contribution is 9.10. The number of nitrogens with one attached hydrogen (secondary N) is 1. The Morgan fingerprint density at radius 1 is 1.37 bits per heavy atom. The summed E-state index contributed by atoms with van der Waals surface area (Å²) < 4.78 is 10.9. The Hall–Kier alpha value is -1.11. The molecule has 5 nitrogen and oxygen atoms in total. The molecule has 1 rings (SSSR count). The Morgan fingerprint density at radius 3 is 2.84 bits per heavy atom. The lowest BCUT2D eigenvalue weighted by atomic mass is 10.2. The number of rotatable bonds is 9. The highest BCUT2D eigenvalue weighted by Gasteiger charge is 2.09. The van der Waals surface area contributed by atoms with Crippen LogP contribution in [0.5, 0.6) is 0 Å². The van der Waals surface area contributed by atoms with Crippen LogP contribution in [-0.4, -0.2) is 44.6 Å². The van der Waals surface area contributed by atoms with Crippen LogP contribution in [0.4, 0.5) is 5.69 Å². The van der Waals surface area contributed by atoms with E-state index in [0.717, 1.165) is 10.9 Å². The molecular formula is C13H18BrNO4. The number of aromatic carboxylic acids is 1. The third-order valence-corrected chi connectivity index (χ3v) is 2.92. The topological polar surface area (TPSA) is 67.8 Å². The van der Waals surface area contributed by atoms with Gasteiger partial charge in [-0.05, 0) is 24.6 Å². The van der Waals surface area contributed by atoms with E-state index in [1.54, 1.807) is 19.2 Å². The standard InChI is InChI=1S/C13H18BrNO4/c1-18-7-8-19-6-2-5-15-12-4-3-10(14)9-11(12)13(16)17/h3-4,9,15H,2,5-8H2,1H3,(H,16,17). The van der Waals surface area contributed by atoms with Crippen molar-refractivity contribution in [3.8, 4) is 0 Å². The van der Waals surface area contributed by atoms with Gasteiger partial charge in [-0.15, -0.1) is 0 Å². The van der Waals surface area contributed by atoms with Gasteiger partial charge in [-0.2, -0.15) is 0 Å². The van der Waals surface area contributed by atoms with E-state index in [4.69, 9.17) is 14.6 Å². The summed E-state index contributed by atoms with van der Waals surface area (Å²) in [6.07, 6.45) is 0.804. The molecule has 0 heterocycles. The van der Waals surface area contributed by atoms with Gasteiger partial charge < -0.3 is 19.9 Å². The van der Waals surface area contributed by atoms with Crippen molar-refractivity contribution in [2.45, 2.75) is 6.42 Å². The first kappa shape index (κ1) is 15.9. The van der Waals surface area contributed by atoms with Crippen LogP contribution >= 0.6 is 15.9 Å². The average Bonchev–Trinajstić information content (AvgIpc) is 2.39. The van der Waals surface area contributed by atoms with Crippen molar-refractivity contribution in [1.29, 1.82) is 0 Å². The van der Waals surface area contributed by atoms with Crippen LogP contribution in [0, 0.1) is 0 Å². The molecule has 6 heteroatoms. The number of hydrogen-bond donors (Lipinski definition) is 2. The molecule has 1 aromatic rings. The number of methoxy groups -OCH3 is 1. The summed E-state index contributed by atoms with van der Waals surface area (Å²) >= 11 is 3.26. The molecule has 0 unspecified atom stereocenters. The molecular weight excluding hydrogens is 314 g/mol. The van der Waals surface area contributed by atoms with Gasteiger partial charge in [-0.3, -0.25) is 0 Å². The molecule has 0 saturated heterocycles. The Morgan fingerprint density at radius 2 is 2.16 bits per heavy atom. The van der Waals surface area contributed by atoms with Crippen molar-refractivity contribution in [1.82, 2.24) is 0 Å². The first-order valence-corrected chi connectivity index (χ1v) is 6.78. The summed E-state index contributed by atoms with van der Waals surface area (Å²) in [4.78, 5) is 11.1. The van der Waals surface area contributed by atoms with Gasteiger partial charge in [-0.25, -0.2) is 4.79 Å². The second-order valence-corrected chi connectivity index (χ2v) is 4.80. The van der Waals surface area contributed by atoms with Gasteiger partial charge in [-0.1, -0.05) is 15.9 Å². The summed E-state index contributed by atoms with van der Waals surface area (Å²) in [5.41, 5.74) is 0.877. The van der Waals surface area contributed by atoms with Gasteiger partial charge >= 0.3 is 5.97 Å². The number of ether oxygens (including phenoxy) is 2. The zero-order chi connectivity index (χ0) is 14.1. The first-order chi connectivity index (χ1) is 9.15. The van der Waals surface area contributed by atoms with E-state index < -0.39 is 5.97 Å². The molecule has 1 aromatic carbocycles. The first-order valence-electron chi connectivity index (χ1n) is 5.98. The van der Waals surface area contributed by atoms with Crippen molar-refractivity contribution >= 4 is 27.6 Å². The summed E-state index contributed by atoms with van der Waals surface area (Å²) in [5.74, 6) is -0.944. The van der Waals surface area contributed by atoms with Crippen LogP contribution in [0.3, 0.4) is 0 Å². The molecule has 0 bridgehead atoms. The molecule has 0 radical (unpaired) electrons. The van der Waals surface area contributed by atoms with Crippen LogP contribution in [0.2, 0.25) is 0 Å². The van der Waals surface area contributed by atoms with Crippen molar-refractivity contribution in [2.24, 2.45) is 0 Å². The van der Waals surface area contributed by atoms with Crippen LogP contribution in [0.15, 0.2) is 22.7 Å². The second-order valence-electron chi connectivity index (χ2n) is 3.88. The number of hydrogen-bond acceptors (Lipinski definition) is 4. The molecule has 0 fully saturated rings. The Labute approximate surface area is 121 Å². The highest BCUT2D eigenvalue weighted by atomic mass is 79.9. The average molecular weight is 332 g/mol. The predicted molar refractivity (Wildman–Crippen MR) is 76.9 cm³/mol. The van der Waals surface area contributed by atoms with Crippen LogP contribution in [0.25, 0.3) is 0 Å². The SMILES string of the molecule is COCCOCCCNc1ccc(Br)cc1C(=O)O. The number of anilines is 1. The van der Waals surface area contributed by atoms with Gasteiger partial charge in [0.1, 0.15) is 0 Å². The second kappa shape index (κ2) is 8.90. The fourth-order valence-corrected chi connectivity index (χ4v) is 1.85. The summed E-state index contributed by atoms with van der Waals surface area (Å²) in [5, 5.41) is 12.2. The lowest BCUT2D eigenvalue weighted by Crippen LogP contribution is -2.10. The number of halogens is 1. The van der Waals surface area contributed by atoms with Crippen molar-refractivity contribution in [3.63, 3.8) is 0 Å². The van der Waals surface area contributed by atoms with E-state index in [1.807, 2.05) is 6.07 Å². The van der Waals surface area contributed by atoms with E-state index in [1.165, 1.54) is 0 Å². The summed E-state index contributed by atoms with van der Waals surface area (Å²) in [6, 6.07) is 5.14. The predicted octanol–water partition coefficient (Wildman–Crippen LogP) is 2.61. The van der Waals surface area contributed by atoms with E-state index in [2.05, 4.69) is 21.2 Å². The largest absolute Gasteiger partial charge is 0.478 e. The smallest absolute Gasteiger partial charge is 0.337 e. The number of benzene rings is 1. The Bertz CT molecular complexity index is 412. The van der Waals surface area contributed by atoms with E-state index in [-0.39, 0.29) is 5.56 Å². The molecule has 2 N–H and O–H groups in total. The zero-order valence-electron chi connectivity index (χ0n) is 10.8. The minimum absolute atomic E-state index is 0.259. The monoisotopic (exact) mass is 331 g/mol. The van der Waals surface area contributed by atoms with Crippen molar-refractivity contribution < 1.29 is 19.4 Å². The third kappa shape index (κ3) is 6.04. The minimum Gasteiger partial charge on any atom is -0.478 e. The van der Waals surface area contributed by atoms with E-state index in [9.17, 15) is 4.79 Å². The maximum atomic E-state index is 11.1. The molecule has 19 heavy (non-hydrogen) atoms. The van der Waals surface area contributed by atoms with Gasteiger partial charge in [0, 0.05) is 30.4 Å². The van der Waals surface area contributed by atoms with E-state index >= 15 is 0 Å². The quantitative estimate of drug-likeness (QED) is 0.681. The summed E-state index contributed by atoms with van der Waals surface area (Å²) in [6.45, 7) is 2.45. The maximum Gasteiger partial charge on any atom is 0.337 e. The minimum atomic E-state index is -0.944. The van der Waals surface area contributed by atoms with E-state index in [0.29, 0.717) is 32.1 Å². The molecule has 0 aliphatic heterocycles. The molecule has 0 aliphatic carbocycles. The van der Waals surface area contributed by atoms with Crippen molar-refractivity contribution in [3.05, 3.63) is 28.2 Å². The molecule has 0 atom stereocenters. The number of carboxylic acids is 1. The molecule has 0 aromatic heterocycles. The molecule has 0 saturated carbocycles. The third-order valence-electron chi connectivity index (χ3n) is 2.42. The summed E-state index contributed by atoms with van der Waals surface area (Å²) in [7, 11) is 1.63. The highest BCUT2D eigenvalue weighted by Crippen LogP contribution is 2.21. The maximum absolute atomic E-state index is 11.1. The lowest BCUT2D eigenvalue weighted by Gasteiger charge is -2.10. The molecule has 0 spiro atoms. The van der Waals surface area contributed by atoms with Gasteiger partial charge in [0.2, 0.25) is 0 Å². The fourth-order valence-electron chi connectivity index (χ4n) is 1.49. The van der Waals surface area contributed by atoms with Gasteiger partial charge in [0.15, 0.2) is 0 Å². The Balaban J connectivity index is 2.35. The molecule has 0 aliphatic rings. The Kier molecular flexibility index (Phi) is 7.47. The van der Waals surface area contributed by atoms with Crippen molar-refractivity contribution in [2.75, 3.05) is 38.8 Å². The fraction of sp³-hybridized carbons (Fsp3) is 0.462. The van der Waals surface area contributed by atoms with Crippen LogP contribution < -0.4 is 5.32 Å². The van der Waals surface area contributed by atoms with Crippen LogP contribution in [-0.2, 0) is 9.47 Å². The van der Waals surface area contributed by atoms with Gasteiger partial charge in [0.05, 0.1) is 18.8 Å². The normalized spacial score (nSPS) is 10.4. The van der Waals surface area contributed by atoms with Crippen LogP contribution in [0.1, 0.15) is 16.8 Å². The molecule has 0 amide bonds. The zero-order valence-corrected chi connectivity index (χ0v) is 12.4. The van der Waals surface area contributed by atoms with Gasteiger partial charge in [0.25, 0.3) is 0 Å². The molecule has 106 valence electrons.